The van der Waals surface area contributed by atoms with Crippen molar-refractivity contribution in [2.24, 2.45) is 11.8 Å². The van der Waals surface area contributed by atoms with Crippen LogP contribution in [-0.2, 0) is 0 Å². The van der Waals surface area contributed by atoms with Gasteiger partial charge < -0.3 is 24.3 Å². The Labute approximate surface area is 208 Å². The van der Waals surface area contributed by atoms with Crippen molar-refractivity contribution in [1.29, 1.82) is 0 Å². The summed E-state index contributed by atoms with van der Waals surface area (Å²) in [4.78, 5) is 13.5. The van der Waals surface area contributed by atoms with Crippen molar-refractivity contribution in [1.82, 2.24) is 5.32 Å². The second kappa shape index (κ2) is 10.8. The van der Waals surface area contributed by atoms with Gasteiger partial charge in [-0.3, -0.25) is 4.79 Å². The first-order valence-electron chi connectivity index (χ1n) is 13.1. The summed E-state index contributed by atoms with van der Waals surface area (Å²) in [5.74, 6) is 4.32. The highest BCUT2D eigenvalue weighted by molar-refractivity contribution is 5.95. The number of amides is 1. The zero-order chi connectivity index (χ0) is 24.2. The molecule has 2 atom stereocenters. The van der Waals surface area contributed by atoms with Crippen LogP contribution in [-0.4, -0.2) is 39.4 Å². The van der Waals surface area contributed by atoms with E-state index in [-0.39, 0.29) is 17.9 Å². The highest BCUT2D eigenvalue weighted by Gasteiger charge is 2.29. The van der Waals surface area contributed by atoms with Gasteiger partial charge >= 0.3 is 0 Å². The van der Waals surface area contributed by atoms with Crippen LogP contribution in [0.1, 0.15) is 73.2 Å². The molecule has 5 rings (SSSR count). The Morgan fingerprint density at radius 2 is 1.43 bits per heavy atom. The lowest BCUT2D eigenvalue weighted by Crippen LogP contribution is -2.41. The molecule has 1 amide bonds. The molecular formula is C29H37NO5. The van der Waals surface area contributed by atoms with Crippen LogP contribution in [0.2, 0.25) is 0 Å². The Morgan fingerprint density at radius 1 is 0.800 bits per heavy atom. The minimum atomic E-state index is -0.0736. The third-order valence-electron chi connectivity index (χ3n) is 7.43. The maximum absolute atomic E-state index is 13.5. The van der Waals surface area contributed by atoms with E-state index in [0.29, 0.717) is 30.6 Å². The lowest BCUT2D eigenvalue weighted by molar-refractivity contribution is 0.0919. The van der Waals surface area contributed by atoms with E-state index in [0.717, 1.165) is 48.7 Å². The summed E-state index contributed by atoms with van der Waals surface area (Å²) in [5, 5.41) is 3.34. The van der Waals surface area contributed by atoms with Gasteiger partial charge in [0.2, 0.25) is 0 Å². The van der Waals surface area contributed by atoms with Gasteiger partial charge in [-0.05, 0) is 80.2 Å². The van der Waals surface area contributed by atoms with Crippen molar-refractivity contribution < 1.29 is 23.7 Å². The number of ether oxygens (including phenoxy) is 4. The van der Waals surface area contributed by atoms with E-state index in [9.17, 15) is 4.79 Å². The highest BCUT2D eigenvalue weighted by Crippen LogP contribution is 2.38. The van der Waals surface area contributed by atoms with Crippen LogP contribution in [0.3, 0.4) is 0 Å². The quantitative estimate of drug-likeness (QED) is 0.445. The van der Waals surface area contributed by atoms with Gasteiger partial charge in [0.15, 0.2) is 11.5 Å². The summed E-state index contributed by atoms with van der Waals surface area (Å²) in [7, 11) is 3.30. The second-order valence-corrected chi connectivity index (χ2v) is 10.3. The number of hydrogen-bond acceptors (Lipinski definition) is 5. The van der Waals surface area contributed by atoms with Crippen LogP contribution in [0.5, 0.6) is 23.0 Å². The van der Waals surface area contributed by atoms with Gasteiger partial charge in [0.25, 0.3) is 5.91 Å². The fourth-order valence-electron chi connectivity index (χ4n) is 4.90. The summed E-state index contributed by atoms with van der Waals surface area (Å²) >= 11 is 0. The molecule has 2 aromatic rings. The Balaban J connectivity index is 1.32. The molecule has 3 aliphatic carbocycles. The Morgan fingerprint density at radius 3 is 2.03 bits per heavy atom. The average Bonchev–Trinajstić information content (AvgIpc) is 3.81. The molecule has 0 heterocycles. The number of hydrogen-bond donors (Lipinski definition) is 1. The van der Waals surface area contributed by atoms with Gasteiger partial charge in [-0.25, -0.2) is 0 Å². The smallest absolute Gasteiger partial charge is 0.251 e. The topological polar surface area (TPSA) is 66.0 Å². The van der Waals surface area contributed by atoms with E-state index in [2.05, 4.69) is 11.4 Å². The van der Waals surface area contributed by atoms with Crippen molar-refractivity contribution in [3.63, 3.8) is 0 Å². The van der Waals surface area contributed by atoms with Gasteiger partial charge in [-0.15, -0.1) is 0 Å². The van der Waals surface area contributed by atoms with E-state index in [1.54, 1.807) is 14.2 Å². The van der Waals surface area contributed by atoms with Crippen molar-refractivity contribution in [3.05, 3.63) is 47.5 Å². The van der Waals surface area contributed by atoms with Gasteiger partial charge in [0, 0.05) is 23.6 Å². The summed E-state index contributed by atoms with van der Waals surface area (Å²) in [6.07, 6.45) is 9.14. The molecule has 2 aromatic carbocycles. The predicted octanol–water partition coefficient (Wildman–Crippen LogP) is 5.74. The van der Waals surface area contributed by atoms with Gasteiger partial charge in [-0.1, -0.05) is 18.9 Å². The van der Waals surface area contributed by atoms with Gasteiger partial charge in [0.05, 0.1) is 27.4 Å². The number of benzene rings is 2. The minimum Gasteiger partial charge on any atom is -0.493 e. The van der Waals surface area contributed by atoms with E-state index >= 15 is 0 Å². The molecule has 0 bridgehead atoms. The Bertz CT molecular complexity index is 995. The van der Waals surface area contributed by atoms with Crippen molar-refractivity contribution in [2.75, 3.05) is 27.4 Å². The number of carbonyl (C=O) groups is 1. The minimum absolute atomic E-state index is 0.0567. The first-order chi connectivity index (χ1) is 17.1. The number of nitrogens with one attached hydrogen (secondary N) is 1. The molecule has 0 aromatic heterocycles. The largest absolute Gasteiger partial charge is 0.493 e. The zero-order valence-corrected chi connectivity index (χ0v) is 20.9. The van der Waals surface area contributed by atoms with Crippen LogP contribution in [0.25, 0.3) is 0 Å². The SMILES string of the molecule is COc1ccc([C@H]2CCCC[C@H]2NC(=O)c2cc(OCC3CC3)cc(OCC3CC3)c2)cc1OC. The van der Waals surface area contributed by atoms with Crippen molar-refractivity contribution in [3.8, 4) is 23.0 Å². The first-order valence-corrected chi connectivity index (χ1v) is 13.1. The monoisotopic (exact) mass is 479 g/mol. The summed E-state index contributed by atoms with van der Waals surface area (Å²) < 4.78 is 23.0. The van der Waals surface area contributed by atoms with Crippen LogP contribution in [0.4, 0.5) is 0 Å². The molecule has 6 heteroatoms. The number of rotatable bonds is 11. The lowest BCUT2D eigenvalue weighted by Gasteiger charge is -2.33. The summed E-state index contributed by atoms with van der Waals surface area (Å²) in [5.41, 5.74) is 1.77. The Hall–Kier alpha value is -2.89. The second-order valence-electron chi connectivity index (χ2n) is 10.3. The summed E-state index contributed by atoms with van der Waals surface area (Å²) in [6, 6.07) is 11.8. The maximum atomic E-state index is 13.5. The van der Waals surface area contributed by atoms with Crippen LogP contribution < -0.4 is 24.3 Å². The summed E-state index contributed by atoms with van der Waals surface area (Å²) in [6.45, 7) is 1.41. The Kier molecular flexibility index (Phi) is 7.35. The molecular weight excluding hydrogens is 442 g/mol. The lowest BCUT2D eigenvalue weighted by atomic mass is 9.79. The standard InChI is InChI=1S/C29H37NO5/c1-32-27-12-11-21(15-28(27)33-2)25-5-3-4-6-26(25)30-29(31)22-13-23(34-17-19-7-8-19)16-24(14-22)35-18-20-9-10-20/h11-16,19-20,25-26H,3-10,17-18H2,1-2H3,(H,30,31)/t25-,26-/m1/s1. The van der Waals surface area contributed by atoms with Gasteiger partial charge in [0.1, 0.15) is 11.5 Å². The van der Waals surface area contributed by atoms with E-state index in [1.165, 1.54) is 31.2 Å². The van der Waals surface area contributed by atoms with E-state index < -0.39 is 0 Å². The average molecular weight is 480 g/mol. The van der Waals surface area contributed by atoms with Crippen molar-refractivity contribution in [2.45, 2.75) is 63.3 Å². The highest BCUT2D eigenvalue weighted by atomic mass is 16.5. The fourth-order valence-corrected chi connectivity index (χ4v) is 4.90. The molecule has 35 heavy (non-hydrogen) atoms. The molecule has 1 N–H and O–H groups in total. The fraction of sp³-hybridized carbons (Fsp3) is 0.552. The van der Waals surface area contributed by atoms with E-state index in [1.807, 2.05) is 30.3 Å². The third-order valence-corrected chi connectivity index (χ3v) is 7.43. The van der Waals surface area contributed by atoms with Crippen LogP contribution in [0, 0.1) is 11.8 Å². The number of carbonyl (C=O) groups excluding carboxylic acids is 1. The molecule has 0 aliphatic heterocycles. The normalized spacial score (nSPS) is 21.8. The molecule has 0 spiro atoms. The molecule has 0 radical (unpaired) electrons. The number of methoxy groups -OCH3 is 2. The molecule has 0 unspecified atom stereocenters. The zero-order valence-electron chi connectivity index (χ0n) is 20.9. The van der Waals surface area contributed by atoms with Crippen LogP contribution >= 0.6 is 0 Å². The molecule has 0 saturated heterocycles. The molecule has 6 nitrogen and oxygen atoms in total. The van der Waals surface area contributed by atoms with E-state index in [4.69, 9.17) is 18.9 Å². The molecule has 3 saturated carbocycles. The predicted molar refractivity (Wildman–Crippen MR) is 135 cm³/mol. The van der Waals surface area contributed by atoms with Crippen LogP contribution in [0.15, 0.2) is 36.4 Å². The molecule has 3 aliphatic rings. The van der Waals surface area contributed by atoms with Gasteiger partial charge in [-0.2, -0.15) is 0 Å². The molecule has 3 fully saturated rings. The molecule has 188 valence electrons. The third kappa shape index (κ3) is 6.22. The maximum Gasteiger partial charge on any atom is 0.251 e. The first kappa shape index (κ1) is 23.8. The van der Waals surface area contributed by atoms with Crippen molar-refractivity contribution >= 4 is 5.91 Å².